The lowest BCUT2D eigenvalue weighted by atomic mass is 9.98. The molecule has 4 nitrogen and oxygen atoms in total. The van der Waals surface area contributed by atoms with Crippen LogP contribution in [-0.2, 0) is 4.74 Å². The number of aliphatic hydroxyl groups excluding tert-OH is 1. The minimum Gasteiger partial charge on any atom is -0.390 e. The molecule has 0 saturated carbocycles. The lowest BCUT2D eigenvalue weighted by Gasteiger charge is -2.33. The predicted molar refractivity (Wildman–Crippen MR) is 42.0 cm³/mol. The first-order chi connectivity index (χ1) is 5.11. The Kier molecular flexibility index (Phi) is 2.84. The first kappa shape index (κ1) is 8.93. The molecule has 1 aliphatic rings. The summed E-state index contributed by atoms with van der Waals surface area (Å²) in [7, 11) is 0. The van der Waals surface area contributed by atoms with E-state index in [-0.39, 0.29) is 18.2 Å². The van der Waals surface area contributed by atoms with E-state index < -0.39 is 6.10 Å². The van der Waals surface area contributed by atoms with Gasteiger partial charge in [-0.15, -0.1) is 0 Å². The maximum atomic E-state index is 9.42. The third-order valence-corrected chi connectivity index (χ3v) is 1.94. The molecule has 0 radical (unpaired) electrons. The van der Waals surface area contributed by atoms with Gasteiger partial charge < -0.3 is 21.3 Å². The smallest absolute Gasteiger partial charge is 0.0982 e. The molecule has 11 heavy (non-hydrogen) atoms. The summed E-state index contributed by atoms with van der Waals surface area (Å²) in [5.41, 5.74) is 11.1. The Bertz CT molecular complexity index is 130. The van der Waals surface area contributed by atoms with E-state index in [0.29, 0.717) is 13.0 Å². The van der Waals surface area contributed by atoms with Gasteiger partial charge in [0.25, 0.3) is 0 Å². The maximum absolute atomic E-state index is 9.42. The fourth-order valence-electron chi connectivity index (χ4n) is 1.36. The Hall–Kier alpha value is -0.160. The summed E-state index contributed by atoms with van der Waals surface area (Å²) in [5, 5.41) is 9.42. The normalized spacial score (nSPS) is 42.0. The summed E-state index contributed by atoms with van der Waals surface area (Å²) in [5.74, 6) is 0. The monoisotopic (exact) mass is 160 g/mol. The Morgan fingerprint density at radius 1 is 1.64 bits per heavy atom. The molecule has 0 bridgehead atoms. The highest BCUT2D eigenvalue weighted by Crippen LogP contribution is 2.14. The summed E-state index contributed by atoms with van der Waals surface area (Å²) < 4.78 is 5.26. The lowest BCUT2D eigenvalue weighted by molar-refractivity contribution is -0.0894. The van der Waals surface area contributed by atoms with Crippen LogP contribution in [0, 0.1) is 0 Å². The zero-order valence-corrected chi connectivity index (χ0v) is 6.73. The minimum absolute atomic E-state index is 0.0417. The van der Waals surface area contributed by atoms with Gasteiger partial charge in [0, 0.05) is 12.1 Å². The molecule has 0 aliphatic carbocycles. The Morgan fingerprint density at radius 2 is 2.27 bits per heavy atom. The van der Waals surface area contributed by atoms with Crippen LogP contribution in [0.25, 0.3) is 0 Å². The average Bonchev–Trinajstić information content (AvgIpc) is 1.85. The van der Waals surface area contributed by atoms with E-state index in [1.807, 2.05) is 6.92 Å². The lowest BCUT2D eigenvalue weighted by Crippen LogP contribution is -2.51. The molecule has 1 heterocycles. The number of hydrogen-bond donors (Lipinski definition) is 3. The fourth-order valence-corrected chi connectivity index (χ4v) is 1.36. The molecule has 5 N–H and O–H groups in total. The van der Waals surface area contributed by atoms with E-state index >= 15 is 0 Å². The molecule has 66 valence electrons. The van der Waals surface area contributed by atoms with Crippen molar-refractivity contribution in [2.24, 2.45) is 11.5 Å². The summed E-state index contributed by atoms with van der Waals surface area (Å²) in [6.07, 6.45) is -0.153. The summed E-state index contributed by atoms with van der Waals surface area (Å²) in [6, 6.07) is -0.169. The van der Waals surface area contributed by atoms with Crippen LogP contribution in [0.15, 0.2) is 0 Å². The Morgan fingerprint density at radius 3 is 2.73 bits per heavy atom. The predicted octanol–water partition coefficient (Wildman–Crippen LogP) is -1.19. The third kappa shape index (κ3) is 2.13. The third-order valence-electron chi connectivity index (χ3n) is 1.94. The van der Waals surface area contributed by atoms with Crippen molar-refractivity contribution in [1.82, 2.24) is 0 Å². The van der Waals surface area contributed by atoms with Crippen molar-refractivity contribution in [3.05, 3.63) is 0 Å². The van der Waals surface area contributed by atoms with Crippen LogP contribution in [-0.4, -0.2) is 36.0 Å². The molecule has 0 aromatic heterocycles. The van der Waals surface area contributed by atoms with Crippen LogP contribution in [0.4, 0.5) is 0 Å². The highest BCUT2D eigenvalue weighted by molar-refractivity contribution is 4.84. The van der Waals surface area contributed by atoms with E-state index in [1.54, 1.807) is 0 Å². The highest BCUT2D eigenvalue weighted by atomic mass is 16.5. The van der Waals surface area contributed by atoms with Crippen molar-refractivity contribution in [2.45, 2.75) is 37.6 Å². The molecule has 0 aromatic rings. The average molecular weight is 160 g/mol. The van der Waals surface area contributed by atoms with Gasteiger partial charge in [-0.05, 0) is 13.3 Å². The fraction of sp³-hybridized carbons (Fsp3) is 1.00. The van der Waals surface area contributed by atoms with E-state index in [9.17, 15) is 5.11 Å². The van der Waals surface area contributed by atoms with Gasteiger partial charge in [0.15, 0.2) is 0 Å². The van der Waals surface area contributed by atoms with E-state index in [0.717, 1.165) is 0 Å². The van der Waals surface area contributed by atoms with Crippen molar-refractivity contribution in [3.8, 4) is 0 Å². The second-order valence-electron chi connectivity index (χ2n) is 3.22. The largest absolute Gasteiger partial charge is 0.390 e. The number of aliphatic hydroxyl groups is 1. The zero-order chi connectivity index (χ0) is 8.43. The molecule has 1 fully saturated rings. The molecule has 4 heteroatoms. The zero-order valence-electron chi connectivity index (χ0n) is 6.73. The van der Waals surface area contributed by atoms with Crippen LogP contribution in [0.3, 0.4) is 0 Å². The number of rotatable bonds is 1. The van der Waals surface area contributed by atoms with Crippen LogP contribution in [0.2, 0.25) is 0 Å². The molecule has 1 saturated heterocycles. The second kappa shape index (κ2) is 3.49. The Labute approximate surface area is 66.5 Å². The SMILES string of the molecule is CC(N)C1OCC(N)CC1O. The molecule has 4 unspecified atom stereocenters. The molecular formula is C7H16N2O2. The summed E-state index contributed by atoms with van der Waals surface area (Å²) >= 11 is 0. The van der Waals surface area contributed by atoms with Crippen molar-refractivity contribution in [1.29, 1.82) is 0 Å². The quantitative estimate of drug-likeness (QED) is 0.450. The summed E-state index contributed by atoms with van der Waals surface area (Å²) in [4.78, 5) is 0. The summed E-state index contributed by atoms with van der Waals surface area (Å²) in [6.45, 7) is 2.33. The minimum atomic E-state index is -0.501. The van der Waals surface area contributed by atoms with Gasteiger partial charge in [-0.2, -0.15) is 0 Å². The topological polar surface area (TPSA) is 81.5 Å². The molecule has 1 aliphatic heterocycles. The van der Waals surface area contributed by atoms with Crippen LogP contribution < -0.4 is 11.5 Å². The van der Waals surface area contributed by atoms with Crippen molar-refractivity contribution >= 4 is 0 Å². The van der Waals surface area contributed by atoms with Gasteiger partial charge in [0.05, 0.1) is 18.8 Å². The van der Waals surface area contributed by atoms with E-state index in [2.05, 4.69) is 0 Å². The van der Waals surface area contributed by atoms with Crippen LogP contribution in [0.5, 0.6) is 0 Å². The molecule has 0 spiro atoms. The molecule has 0 amide bonds. The molecule has 1 rings (SSSR count). The highest BCUT2D eigenvalue weighted by Gasteiger charge is 2.30. The maximum Gasteiger partial charge on any atom is 0.0982 e. The second-order valence-corrected chi connectivity index (χ2v) is 3.22. The van der Waals surface area contributed by atoms with E-state index in [1.165, 1.54) is 0 Å². The number of hydrogen-bond acceptors (Lipinski definition) is 4. The molecule has 4 atom stereocenters. The van der Waals surface area contributed by atoms with Crippen LogP contribution >= 0.6 is 0 Å². The van der Waals surface area contributed by atoms with Gasteiger partial charge in [0.2, 0.25) is 0 Å². The first-order valence-corrected chi connectivity index (χ1v) is 3.92. The van der Waals surface area contributed by atoms with Crippen LogP contribution in [0.1, 0.15) is 13.3 Å². The van der Waals surface area contributed by atoms with Gasteiger partial charge in [-0.1, -0.05) is 0 Å². The van der Waals surface area contributed by atoms with E-state index in [4.69, 9.17) is 16.2 Å². The number of ether oxygens (including phenoxy) is 1. The van der Waals surface area contributed by atoms with Gasteiger partial charge in [0.1, 0.15) is 0 Å². The first-order valence-electron chi connectivity index (χ1n) is 3.92. The van der Waals surface area contributed by atoms with Crippen molar-refractivity contribution in [2.75, 3.05) is 6.61 Å². The van der Waals surface area contributed by atoms with Gasteiger partial charge >= 0.3 is 0 Å². The van der Waals surface area contributed by atoms with Gasteiger partial charge in [-0.25, -0.2) is 0 Å². The molecular weight excluding hydrogens is 144 g/mol. The van der Waals surface area contributed by atoms with Crippen molar-refractivity contribution in [3.63, 3.8) is 0 Å². The number of nitrogens with two attached hydrogens (primary N) is 2. The van der Waals surface area contributed by atoms with Crippen molar-refractivity contribution < 1.29 is 9.84 Å². The standard InChI is InChI=1S/C7H16N2O2/c1-4(8)7-6(10)2-5(9)3-11-7/h4-7,10H,2-3,8-9H2,1H3. The molecule has 0 aromatic carbocycles. The Balaban J connectivity index is 2.44. The van der Waals surface area contributed by atoms with Gasteiger partial charge in [-0.3, -0.25) is 0 Å².